The van der Waals surface area contributed by atoms with Gasteiger partial charge in [-0.15, -0.1) is 12.4 Å². The van der Waals surface area contributed by atoms with Crippen molar-refractivity contribution < 1.29 is 13.5 Å². The molecule has 0 bridgehead atoms. The van der Waals surface area contributed by atoms with E-state index < -0.39 is 6.61 Å². The summed E-state index contributed by atoms with van der Waals surface area (Å²) in [5.74, 6) is 0.134. The fourth-order valence-corrected chi connectivity index (χ4v) is 3.07. The van der Waals surface area contributed by atoms with Crippen LogP contribution in [0, 0.1) is 0 Å². The van der Waals surface area contributed by atoms with Crippen molar-refractivity contribution in [3.63, 3.8) is 0 Å². The molecule has 1 aliphatic heterocycles. The Hall–Kier alpha value is -2.51. The first-order chi connectivity index (χ1) is 12.2. The molecule has 0 spiro atoms. The minimum Gasteiger partial charge on any atom is -0.435 e. The number of nitrogens with zero attached hydrogens (tertiary/aromatic N) is 3. The SMILES string of the molecule is Cl.FC(F)Oc1ccc(-c2nn3c(c2-c2ccncc2)CNCC3)cc1. The number of nitrogens with one attached hydrogen (secondary N) is 1. The van der Waals surface area contributed by atoms with Gasteiger partial charge >= 0.3 is 6.61 Å². The fraction of sp³-hybridized carbons (Fsp3) is 0.222. The third-order valence-electron chi connectivity index (χ3n) is 4.17. The van der Waals surface area contributed by atoms with Crippen molar-refractivity contribution in [3.8, 4) is 28.1 Å². The van der Waals surface area contributed by atoms with Gasteiger partial charge in [0.25, 0.3) is 0 Å². The molecule has 0 aliphatic carbocycles. The Morgan fingerprint density at radius 2 is 1.77 bits per heavy atom. The Labute approximate surface area is 155 Å². The van der Waals surface area contributed by atoms with E-state index >= 15 is 0 Å². The first kappa shape index (κ1) is 18.3. The van der Waals surface area contributed by atoms with E-state index in [-0.39, 0.29) is 18.2 Å². The van der Waals surface area contributed by atoms with Crippen molar-refractivity contribution in [1.82, 2.24) is 20.1 Å². The maximum Gasteiger partial charge on any atom is 0.387 e. The first-order valence-corrected chi connectivity index (χ1v) is 7.98. The number of ether oxygens (including phenoxy) is 1. The molecule has 26 heavy (non-hydrogen) atoms. The number of alkyl halides is 2. The lowest BCUT2D eigenvalue weighted by Gasteiger charge is -2.16. The second-order valence-corrected chi connectivity index (χ2v) is 5.71. The summed E-state index contributed by atoms with van der Waals surface area (Å²) in [4.78, 5) is 4.08. The smallest absolute Gasteiger partial charge is 0.387 e. The molecule has 0 amide bonds. The molecule has 1 aliphatic rings. The number of pyridine rings is 1. The molecule has 3 heterocycles. The molecule has 4 rings (SSSR count). The summed E-state index contributed by atoms with van der Waals surface area (Å²) in [5.41, 5.74) is 4.86. The third-order valence-corrected chi connectivity index (χ3v) is 4.17. The molecule has 0 atom stereocenters. The largest absolute Gasteiger partial charge is 0.435 e. The van der Waals surface area contributed by atoms with E-state index in [2.05, 4.69) is 15.0 Å². The second kappa shape index (κ2) is 7.80. The van der Waals surface area contributed by atoms with Crippen LogP contribution in [0.5, 0.6) is 5.75 Å². The van der Waals surface area contributed by atoms with Crippen molar-refractivity contribution in [3.05, 3.63) is 54.5 Å². The fourth-order valence-electron chi connectivity index (χ4n) is 3.07. The van der Waals surface area contributed by atoms with Gasteiger partial charge in [-0.25, -0.2) is 0 Å². The zero-order valence-electron chi connectivity index (χ0n) is 13.7. The van der Waals surface area contributed by atoms with Crippen LogP contribution >= 0.6 is 12.4 Å². The van der Waals surface area contributed by atoms with Crippen LogP contribution in [0.25, 0.3) is 22.4 Å². The molecule has 8 heteroatoms. The number of hydrogen-bond acceptors (Lipinski definition) is 4. The van der Waals surface area contributed by atoms with Crippen LogP contribution in [0.3, 0.4) is 0 Å². The average Bonchev–Trinajstić information content (AvgIpc) is 3.02. The van der Waals surface area contributed by atoms with Gasteiger partial charge in [-0.2, -0.15) is 13.9 Å². The Kier molecular flexibility index (Phi) is 5.49. The minimum atomic E-state index is -2.83. The summed E-state index contributed by atoms with van der Waals surface area (Å²) in [6.45, 7) is -0.438. The molecule has 0 radical (unpaired) electrons. The number of fused-ring (bicyclic) bond motifs is 1. The summed E-state index contributed by atoms with van der Waals surface area (Å²) >= 11 is 0. The van der Waals surface area contributed by atoms with Crippen LogP contribution in [0.2, 0.25) is 0 Å². The lowest BCUT2D eigenvalue weighted by molar-refractivity contribution is -0.0498. The van der Waals surface area contributed by atoms with Crippen molar-refractivity contribution in [2.24, 2.45) is 0 Å². The monoisotopic (exact) mass is 378 g/mol. The highest BCUT2D eigenvalue weighted by molar-refractivity contribution is 5.85. The zero-order chi connectivity index (χ0) is 17.2. The molecule has 0 fully saturated rings. The first-order valence-electron chi connectivity index (χ1n) is 7.98. The second-order valence-electron chi connectivity index (χ2n) is 5.71. The maximum absolute atomic E-state index is 12.3. The number of benzene rings is 1. The average molecular weight is 379 g/mol. The van der Waals surface area contributed by atoms with E-state index in [1.807, 2.05) is 16.8 Å². The zero-order valence-corrected chi connectivity index (χ0v) is 14.5. The van der Waals surface area contributed by atoms with Gasteiger partial charge in [-0.05, 0) is 42.0 Å². The summed E-state index contributed by atoms with van der Waals surface area (Å²) < 4.78 is 31.1. The van der Waals surface area contributed by atoms with Crippen molar-refractivity contribution in [2.75, 3.05) is 6.54 Å². The Bertz CT molecular complexity index is 869. The molecular formula is C18H17ClF2N4O. The lowest BCUT2D eigenvalue weighted by atomic mass is 9.99. The van der Waals surface area contributed by atoms with Gasteiger partial charge in [0.2, 0.25) is 0 Å². The molecule has 0 unspecified atom stereocenters. The predicted octanol–water partition coefficient (Wildman–Crippen LogP) is 3.74. The number of aromatic nitrogens is 3. The molecule has 5 nitrogen and oxygen atoms in total. The van der Waals surface area contributed by atoms with Crippen LogP contribution in [0.1, 0.15) is 5.69 Å². The Morgan fingerprint density at radius 3 is 2.46 bits per heavy atom. The van der Waals surface area contributed by atoms with Gasteiger partial charge in [0.1, 0.15) is 11.4 Å². The van der Waals surface area contributed by atoms with Crippen LogP contribution in [0.15, 0.2) is 48.8 Å². The van der Waals surface area contributed by atoms with E-state index in [0.29, 0.717) is 0 Å². The molecule has 0 saturated heterocycles. The van der Waals surface area contributed by atoms with Gasteiger partial charge < -0.3 is 10.1 Å². The third kappa shape index (κ3) is 3.54. The predicted molar refractivity (Wildman–Crippen MR) is 96.5 cm³/mol. The lowest BCUT2D eigenvalue weighted by Crippen LogP contribution is -2.28. The van der Waals surface area contributed by atoms with Gasteiger partial charge in [-0.3, -0.25) is 9.67 Å². The minimum absolute atomic E-state index is 0. The highest BCUT2D eigenvalue weighted by Crippen LogP contribution is 2.35. The van der Waals surface area contributed by atoms with E-state index in [1.54, 1.807) is 24.5 Å². The van der Waals surface area contributed by atoms with E-state index in [0.717, 1.165) is 47.7 Å². The van der Waals surface area contributed by atoms with Crippen LogP contribution in [-0.2, 0) is 13.1 Å². The van der Waals surface area contributed by atoms with Crippen LogP contribution in [-0.4, -0.2) is 27.9 Å². The highest BCUT2D eigenvalue weighted by Gasteiger charge is 2.22. The normalized spacial score (nSPS) is 13.2. The van der Waals surface area contributed by atoms with Crippen LogP contribution in [0.4, 0.5) is 8.78 Å². The summed E-state index contributed by atoms with van der Waals surface area (Å²) in [6, 6.07) is 10.5. The van der Waals surface area contributed by atoms with Crippen molar-refractivity contribution >= 4 is 12.4 Å². The van der Waals surface area contributed by atoms with Gasteiger partial charge in [0.05, 0.1) is 12.2 Å². The van der Waals surface area contributed by atoms with E-state index in [4.69, 9.17) is 5.10 Å². The molecule has 0 saturated carbocycles. The molecular weight excluding hydrogens is 362 g/mol. The molecule has 1 aromatic carbocycles. The Morgan fingerprint density at radius 1 is 1.04 bits per heavy atom. The molecule has 1 N–H and O–H groups in total. The number of hydrogen-bond donors (Lipinski definition) is 1. The van der Waals surface area contributed by atoms with Crippen LogP contribution < -0.4 is 10.1 Å². The molecule has 136 valence electrons. The molecule has 2 aromatic heterocycles. The maximum atomic E-state index is 12.3. The summed E-state index contributed by atoms with van der Waals surface area (Å²) in [7, 11) is 0. The Balaban J connectivity index is 0.00000196. The van der Waals surface area contributed by atoms with Crippen molar-refractivity contribution in [2.45, 2.75) is 19.7 Å². The number of halogens is 3. The van der Waals surface area contributed by atoms with Crippen molar-refractivity contribution in [1.29, 1.82) is 0 Å². The quantitative estimate of drug-likeness (QED) is 0.751. The van der Waals surface area contributed by atoms with E-state index in [1.165, 1.54) is 12.1 Å². The standard InChI is InChI=1S/C18H16F2N4O.ClH/c19-18(20)25-14-3-1-13(2-4-14)17-16(12-5-7-21-8-6-12)15-11-22-9-10-24(15)23-17;/h1-8,18,22H,9-11H2;1H. The summed E-state index contributed by atoms with van der Waals surface area (Å²) in [5, 5.41) is 8.12. The van der Waals surface area contributed by atoms with Gasteiger partial charge in [-0.1, -0.05) is 0 Å². The number of rotatable bonds is 4. The highest BCUT2D eigenvalue weighted by atomic mass is 35.5. The van der Waals surface area contributed by atoms with E-state index in [9.17, 15) is 8.78 Å². The topological polar surface area (TPSA) is 52.0 Å². The van der Waals surface area contributed by atoms with Gasteiger partial charge in [0, 0.05) is 36.6 Å². The summed E-state index contributed by atoms with van der Waals surface area (Å²) in [6.07, 6.45) is 3.50. The molecule has 3 aromatic rings. The van der Waals surface area contributed by atoms with Gasteiger partial charge in [0.15, 0.2) is 0 Å².